The van der Waals surface area contributed by atoms with E-state index in [1.165, 1.54) is 17.7 Å². The van der Waals surface area contributed by atoms with Crippen molar-refractivity contribution >= 4 is 46.4 Å². The molecular weight excluding hydrogens is 331 g/mol. The van der Waals surface area contributed by atoms with E-state index in [1.54, 1.807) is 6.07 Å². The zero-order valence-electron chi connectivity index (χ0n) is 10.8. The van der Waals surface area contributed by atoms with Gasteiger partial charge in [-0.15, -0.1) is 0 Å². The van der Waals surface area contributed by atoms with E-state index >= 15 is 0 Å². The third-order valence-corrected chi connectivity index (χ3v) is 4.16. The zero-order chi connectivity index (χ0) is 15.0. The van der Waals surface area contributed by atoms with Gasteiger partial charge in [-0.25, -0.2) is 0 Å². The van der Waals surface area contributed by atoms with Crippen molar-refractivity contribution in [3.05, 3.63) is 62.1 Å². The Morgan fingerprint density at radius 1 is 1.00 bits per heavy atom. The molecule has 108 valence electrons. The fraction of sp³-hybridized carbons (Fsp3) is 0.133. The van der Waals surface area contributed by atoms with E-state index in [0.717, 1.165) is 18.7 Å². The van der Waals surface area contributed by atoms with E-state index in [4.69, 9.17) is 34.8 Å². The normalized spacial score (nSPS) is 13.1. The molecule has 0 aromatic heterocycles. The van der Waals surface area contributed by atoms with Gasteiger partial charge < -0.3 is 10.6 Å². The average Bonchev–Trinajstić information content (AvgIpc) is 2.89. The van der Waals surface area contributed by atoms with Crippen LogP contribution in [0.1, 0.15) is 21.5 Å². The molecule has 0 fully saturated rings. The van der Waals surface area contributed by atoms with Crippen molar-refractivity contribution in [2.75, 3.05) is 5.32 Å². The van der Waals surface area contributed by atoms with Gasteiger partial charge in [0.05, 0.1) is 15.7 Å². The van der Waals surface area contributed by atoms with Gasteiger partial charge in [0, 0.05) is 23.7 Å². The number of rotatable bonds is 2. The molecule has 0 bridgehead atoms. The zero-order valence-corrected chi connectivity index (χ0v) is 13.1. The van der Waals surface area contributed by atoms with Gasteiger partial charge in [0.2, 0.25) is 0 Å². The predicted molar refractivity (Wildman–Crippen MR) is 86.4 cm³/mol. The van der Waals surface area contributed by atoms with Crippen LogP contribution in [0.2, 0.25) is 15.1 Å². The van der Waals surface area contributed by atoms with Crippen molar-refractivity contribution < 1.29 is 4.79 Å². The van der Waals surface area contributed by atoms with Crippen LogP contribution in [0.25, 0.3) is 0 Å². The van der Waals surface area contributed by atoms with E-state index in [1.807, 2.05) is 12.1 Å². The van der Waals surface area contributed by atoms with E-state index in [0.29, 0.717) is 26.3 Å². The number of benzene rings is 2. The molecule has 1 heterocycles. The summed E-state index contributed by atoms with van der Waals surface area (Å²) in [6, 6.07) is 8.70. The number of anilines is 1. The smallest absolute Gasteiger partial charge is 0.255 e. The van der Waals surface area contributed by atoms with Crippen LogP contribution >= 0.6 is 34.8 Å². The number of hydrogen-bond acceptors (Lipinski definition) is 2. The largest absolute Gasteiger partial charge is 0.319 e. The summed E-state index contributed by atoms with van der Waals surface area (Å²) in [6.07, 6.45) is 0. The van der Waals surface area contributed by atoms with Gasteiger partial charge in [0.15, 0.2) is 0 Å². The maximum absolute atomic E-state index is 12.3. The molecule has 6 heteroatoms. The fourth-order valence-corrected chi connectivity index (χ4v) is 3.19. The third kappa shape index (κ3) is 3.01. The molecule has 0 atom stereocenters. The molecule has 3 nitrogen and oxygen atoms in total. The Morgan fingerprint density at radius 3 is 2.38 bits per heavy atom. The van der Waals surface area contributed by atoms with E-state index < -0.39 is 0 Å². The van der Waals surface area contributed by atoms with Gasteiger partial charge in [0.25, 0.3) is 5.91 Å². The third-order valence-electron chi connectivity index (χ3n) is 3.34. The minimum Gasteiger partial charge on any atom is -0.319 e. The van der Waals surface area contributed by atoms with Gasteiger partial charge in [-0.3, -0.25) is 4.79 Å². The average molecular weight is 342 g/mol. The molecule has 0 saturated carbocycles. The van der Waals surface area contributed by atoms with E-state index in [9.17, 15) is 4.79 Å². The molecule has 21 heavy (non-hydrogen) atoms. The van der Waals surface area contributed by atoms with Crippen LogP contribution in [0.3, 0.4) is 0 Å². The predicted octanol–water partition coefficient (Wildman–Crippen LogP) is 4.50. The van der Waals surface area contributed by atoms with Gasteiger partial charge in [-0.05, 0) is 35.4 Å². The molecule has 1 aliphatic rings. The van der Waals surface area contributed by atoms with Crippen LogP contribution in [0.15, 0.2) is 30.3 Å². The first-order chi connectivity index (χ1) is 10.0. The number of halogens is 3. The molecule has 0 radical (unpaired) electrons. The first kappa shape index (κ1) is 14.7. The highest BCUT2D eigenvalue weighted by atomic mass is 35.5. The maximum Gasteiger partial charge on any atom is 0.255 e. The maximum atomic E-state index is 12.3. The molecule has 0 aliphatic carbocycles. The molecule has 2 N–H and O–H groups in total. The molecule has 2 aromatic carbocycles. The molecule has 1 amide bonds. The van der Waals surface area contributed by atoms with Gasteiger partial charge in [-0.1, -0.05) is 40.9 Å². The molecular formula is C15H11Cl3N2O. The van der Waals surface area contributed by atoms with Crippen molar-refractivity contribution in [3.8, 4) is 0 Å². The van der Waals surface area contributed by atoms with Crippen LogP contribution in [-0.2, 0) is 13.1 Å². The highest BCUT2D eigenvalue weighted by Crippen LogP contribution is 2.34. The second-order valence-corrected chi connectivity index (χ2v) is 6.04. The molecule has 0 unspecified atom stereocenters. The Hall–Kier alpha value is -1.26. The Balaban J connectivity index is 1.87. The number of carbonyl (C=O) groups is 1. The number of carbonyl (C=O) groups excluding carboxylic acids is 1. The summed E-state index contributed by atoms with van der Waals surface area (Å²) in [5.41, 5.74) is 3.29. The second kappa shape index (κ2) is 5.85. The van der Waals surface area contributed by atoms with Crippen molar-refractivity contribution in [1.29, 1.82) is 0 Å². The summed E-state index contributed by atoms with van der Waals surface area (Å²) in [5, 5.41) is 7.01. The second-order valence-electron chi connectivity index (χ2n) is 4.79. The van der Waals surface area contributed by atoms with Gasteiger partial charge in [-0.2, -0.15) is 0 Å². The summed E-state index contributed by atoms with van der Waals surface area (Å²) in [5.74, 6) is -0.254. The summed E-state index contributed by atoms with van der Waals surface area (Å²) < 4.78 is 0. The van der Waals surface area contributed by atoms with Crippen molar-refractivity contribution in [3.63, 3.8) is 0 Å². The Labute approximate surface area is 137 Å². The lowest BCUT2D eigenvalue weighted by molar-refractivity contribution is 0.102. The summed E-state index contributed by atoms with van der Waals surface area (Å²) in [7, 11) is 0. The summed E-state index contributed by atoms with van der Waals surface area (Å²) >= 11 is 18.0. The minimum absolute atomic E-state index is 0.254. The standard InChI is InChI=1S/C15H11Cl3N2O/c16-11-4-12(17)14(13(18)5-11)20-15(21)8-1-2-9-6-19-7-10(9)3-8/h1-5,19H,6-7H2,(H,20,21). The Bertz CT molecular complexity index is 708. The van der Waals surface area contributed by atoms with Crippen LogP contribution in [0, 0.1) is 0 Å². The summed E-state index contributed by atoms with van der Waals surface area (Å²) in [6.45, 7) is 1.62. The molecule has 2 aromatic rings. The van der Waals surface area contributed by atoms with Gasteiger partial charge in [0.1, 0.15) is 0 Å². The number of nitrogens with one attached hydrogen (secondary N) is 2. The van der Waals surface area contributed by atoms with Crippen LogP contribution in [-0.4, -0.2) is 5.91 Å². The quantitative estimate of drug-likeness (QED) is 0.844. The van der Waals surface area contributed by atoms with Gasteiger partial charge >= 0.3 is 0 Å². The van der Waals surface area contributed by atoms with Crippen molar-refractivity contribution in [2.45, 2.75) is 13.1 Å². The van der Waals surface area contributed by atoms with E-state index in [2.05, 4.69) is 10.6 Å². The van der Waals surface area contributed by atoms with Crippen molar-refractivity contribution in [1.82, 2.24) is 5.32 Å². The van der Waals surface area contributed by atoms with Crippen LogP contribution in [0.5, 0.6) is 0 Å². The first-order valence-electron chi connectivity index (χ1n) is 6.33. The monoisotopic (exact) mass is 340 g/mol. The van der Waals surface area contributed by atoms with Crippen LogP contribution in [0.4, 0.5) is 5.69 Å². The fourth-order valence-electron chi connectivity index (χ4n) is 2.28. The SMILES string of the molecule is O=C(Nc1c(Cl)cc(Cl)cc1Cl)c1ccc2c(c1)CNC2. The number of amides is 1. The molecule has 0 spiro atoms. The lowest BCUT2D eigenvalue weighted by Gasteiger charge is -2.10. The van der Waals surface area contributed by atoms with Crippen LogP contribution < -0.4 is 10.6 Å². The minimum atomic E-state index is -0.254. The summed E-state index contributed by atoms with van der Waals surface area (Å²) in [4.78, 5) is 12.3. The van der Waals surface area contributed by atoms with E-state index in [-0.39, 0.29) is 5.91 Å². The highest BCUT2D eigenvalue weighted by molar-refractivity contribution is 6.42. The van der Waals surface area contributed by atoms with Crippen molar-refractivity contribution in [2.24, 2.45) is 0 Å². The highest BCUT2D eigenvalue weighted by Gasteiger charge is 2.16. The number of hydrogen-bond donors (Lipinski definition) is 2. The Morgan fingerprint density at radius 2 is 1.67 bits per heavy atom. The Kier molecular flexibility index (Phi) is 4.09. The topological polar surface area (TPSA) is 41.1 Å². The lowest BCUT2D eigenvalue weighted by atomic mass is 10.1. The number of fused-ring (bicyclic) bond motifs is 1. The lowest BCUT2D eigenvalue weighted by Crippen LogP contribution is -2.13. The molecule has 1 aliphatic heterocycles. The molecule has 0 saturated heterocycles. The molecule has 3 rings (SSSR count). The first-order valence-corrected chi connectivity index (χ1v) is 7.46.